The van der Waals surface area contributed by atoms with Gasteiger partial charge in [-0.1, -0.05) is 39.3 Å². The molecule has 0 amide bonds. The Balaban J connectivity index is 0.000000730. The van der Waals surface area contributed by atoms with Gasteiger partial charge in [-0.3, -0.25) is 4.98 Å². The van der Waals surface area contributed by atoms with Gasteiger partial charge in [0.1, 0.15) is 5.15 Å². The van der Waals surface area contributed by atoms with Crippen molar-refractivity contribution in [1.82, 2.24) is 24.7 Å². The minimum atomic E-state index is 0.138. The summed E-state index contributed by atoms with van der Waals surface area (Å²) in [7, 11) is 0. The molecule has 0 bridgehead atoms. The average Bonchev–Trinajstić information content (AvgIpc) is 3.02. The van der Waals surface area contributed by atoms with Crippen molar-refractivity contribution in [2.45, 2.75) is 55.0 Å². The average molecular weight is 363 g/mol. The summed E-state index contributed by atoms with van der Waals surface area (Å²) < 4.78 is 1.74. The van der Waals surface area contributed by atoms with Crippen molar-refractivity contribution >= 4 is 28.6 Å². The largest absolute Gasteiger partial charge is 0.368 e. The van der Waals surface area contributed by atoms with Gasteiger partial charge in [0.2, 0.25) is 5.95 Å². The van der Waals surface area contributed by atoms with Crippen LogP contribution in [0.25, 0.3) is 11.0 Å². The SMILES string of the molecule is CC.CC.Cc1cnc(Cn2ncc3c(Cl)nc(N)nc32)c(C)c1C. The zero-order chi connectivity index (χ0) is 19.1. The Labute approximate surface area is 154 Å². The van der Waals surface area contributed by atoms with Crippen molar-refractivity contribution in [2.24, 2.45) is 0 Å². The Morgan fingerprint density at radius 2 is 1.64 bits per heavy atom. The number of aromatic nitrogens is 5. The van der Waals surface area contributed by atoms with Crippen LogP contribution in [0, 0.1) is 20.8 Å². The van der Waals surface area contributed by atoms with Gasteiger partial charge < -0.3 is 5.73 Å². The number of nitrogens with two attached hydrogens (primary N) is 1. The van der Waals surface area contributed by atoms with Crippen LogP contribution in [0.15, 0.2) is 12.4 Å². The molecule has 0 aliphatic carbocycles. The molecule has 0 unspecified atom stereocenters. The Hall–Kier alpha value is -2.21. The standard InChI is InChI=1S/C14H15ClN6.2C2H6/c1-7-4-17-11(9(3)8(7)2)6-21-13-10(5-18-21)12(15)19-14(16)20-13;2*1-2/h4-5H,6H2,1-3H3,(H2,16,19,20);2*1-2H3. The van der Waals surface area contributed by atoms with Crippen LogP contribution in [0.3, 0.4) is 0 Å². The van der Waals surface area contributed by atoms with Crippen molar-refractivity contribution in [3.63, 3.8) is 0 Å². The second-order valence-corrected chi connectivity index (χ2v) is 5.41. The molecule has 0 saturated heterocycles. The smallest absolute Gasteiger partial charge is 0.223 e. The molecular weight excluding hydrogens is 336 g/mol. The maximum atomic E-state index is 6.06. The first kappa shape index (κ1) is 20.8. The van der Waals surface area contributed by atoms with Crippen LogP contribution in [-0.4, -0.2) is 24.7 Å². The fourth-order valence-electron chi connectivity index (χ4n) is 2.23. The molecule has 0 radical (unpaired) electrons. The van der Waals surface area contributed by atoms with Gasteiger partial charge >= 0.3 is 0 Å². The molecule has 7 heteroatoms. The lowest BCUT2D eigenvalue weighted by Crippen LogP contribution is -2.08. The number of aryl methyl sites for hydroxylation is 1. The van der Waals surface area contributed by atoms with E-state index >= 15 is 0 Å². The highest BCUT2D eigenvalue weighted by molar-refractivity contribution is 6.34. The van der Waals surface area contributed by atoms with Gasteiger partial charge in [-0.05, 0) is 37.5 Å². The van der Waals surface area contributed by atoms with E-state index in [1.807, 2.05) is 33.9 Å². The van der Waals surface area contributed by atoms with E-state index in [1.165, 1.54) is 11.1 Å². The lowest BCUT2D eigenvalue weighted by atomic mass is 10.1. The Kier molecular flexibility index (Phi) is 7.77. The summed E-state index contributed by atoms with van der Waals surface area (Å²) in [4.78, 5) is 12.6. The van der Waals surface area contributed by atoms with Gasteiger partial charge in [-0.15, -0.1) is 0 Å². The van der Waals surface area contributed by atoms with Crippen LogP contribution in [0.5, 0.6) is 0 Å². The number of fused-ring (bicyclic) bond motifs is 1. The Bertz CT molecular complexity index is 841. The number of anilines is 1. The fraction of sp³-hybridized carbons (Fsp3) is 0.444. The molecule has 0 fully saturated rings. The van der Waals surface area contributed by atoms with E-state index in [-0.39, 0.29) is 5.95 Å². The third-order valence-electron chi connectivity index (χ3n) is 3.77. The molecule has 3 aromatic heterocycles. The summed E-state index contributed by atoms with van der Waals surface area (Å²) in [6.45, 7) is 14.7. The molecule has 0 spiro atoms. The van der Waals surface area contributed by atoms with Crippen molar-refractivity contribution < 1.29 is 0 Å². The molecule has 3 heterocycles. The van der Waals surface area contributed by atoms with E-state index in [2.05, 4.69) is 40.8 Å². The minimum Gasteiger partial charge on any atom is -0.368 e. The predicted molar refractivity (Wildman–Crippen MR) is 105 cm³/mol. The zero-order valence-electron chi connectivity index (χ0n) is 16.1. The molecule has 3 aromatic rings. The zero-order valence-corrected chi connectivity index (χ0v) is 16.8. The summed E-state index contributed by atoms with van der Waals surface area (Å²) in [5.74, 6) is 0.138. The van der Waals surface area contributed by atoms with Crippen molar-refractivity contribution in [1.29, 1.82) is 0 Å². The van der Waals surface area contributed by atoms with Gasteiger partial charge in [0.15, 0.2) is 5.65 Å². The van der Waals surface area contributed by atoms with Gasteiger partial charge in [0.05, 0.1) is 23.8 Å². The predicted octanol–water partition coefficient (Wildman–Crippen LogP) is 4.48. The number of hydrogen-bond acceptors (Lipinski definition) is 5. The molecule has 0 atom stereocenters. The maximum Gasteiger partial charge on any atom is 0.223 e. The lowest BCUT2D eigenvalue weighted by molar-refractivity contribution is 0.684. The maximum absolute atomic E-state index is 6.06. The summed E-state index contributed by atoms with van der Waals surface area (Å²) in [6.07, 6.45) is 3.52. The second-order valence-electron chi connectivity index (χ2n) is 5.05. The number of pyridine rings is 1. The van der Waals surface area contributed by atoms with Crippen molar-refractivity contribution in [3.8, 4) is 0 Å². The van der Waals surface area contributed by atoms with Gasteiger partial charge in [0, 0.05) is 6.20 Å². The van der Waals surface area contributed by atoms with E-state index in [1.54, 1.807) is 10.9 Å². The van der Waals surface area contributed by atoms with Gasteiger partial charge in [-0.25, -0.2) is 9.67 Å². The monoisotopic (exact) mass is 362 g/mol. The Morgan fingerprint density at radius 3 is 2.28 bits per heavy atom. The number of nitrogens with zero attached hydrogens (tertiary/aromatic N) is 5. The molecule has 0 aliphatic heterocycles. The van der Waals surface area contributed by atoms with Gasteiger partial charge in [0.25, 0.3) is 0 Å². The molecule has 136 valence electrons. The van der Waals surface area contributed by atoms with E-state index in [0.717, 1.165) is 11.3 Å². The Morgan fingerprint density at radius 1 is 1.00 bits per heavy atom. The second kappa shape index (κ2) is 9.32. The molecule has 25 heavy (non-hydrogen) atoms. The topological polar surface area (TPSA) is 82.5 Å². The molecule has 0 aliphatic rings. The van der Waals surface area contributed by atoms with Crippen molar-refractivity contribution in [3.05, 3.63) is 39.9 Å². The van der Waals surface area contributed by atoms with Crippen LogP contribution in [0.2, 0.25) is 5.15 Å². The summed E-state index contributed by atoms with van der Waals surface area (Å²) >= 11 is 6.06. The highest BCUT2D eigenvalue weighted by atomic mass is 35.5. The van der Waals surface area contributed by atoms with E-state index < -0.39 is 0 Å². The quantitative estimate of drug-likeness (QED) is 0.679. The van der Waals surface area contributed by atoms with E-state index in [9.17, 15) is 0 Å². The molecule has 0 saturated carbocycles. The molecule has 3 rings (SSSR count). The first-order chi connectivity index (χ1) is 12.0. The highest BCUT2D eigenvalue weighted by Gasteiger charge is 2.13. The third-order valence-corrected chi connectivity index (χ3v) is 4.06. The van der Waals surface area contributed by atoms with Crippen LogP contribution in [0.1, 0.15) is 50.1 Å². The molecule has 6 nitrogen and oxygen atoms in total. The van der Waals surface area contributed by atoms with Gasteiger partial charge in [-0.2, -0.15) is 10.1 Å². The number of hydrogen-bond donors (Lipinski definition) is 1. The van der Waals surface area contributed by atoms with Crippen LogP contribution in [-0.2, 0) is 6.54 Å². The molecule has 0 aromatic carbocycles. The van der Waals surface area contributed by atoms with Crippen LogP contribution >= 0.6 is 11.6 Å². The third kappa shape index (κ3) is 4.45. The highest BCUT2D eigenvalue weighted by Crippen LogP contribution is 2.22. The van der Waals surface area contributed by atoms with E-state index in [0.29, 0.717) is 22.7 Å². The molecular formula is C18H27ClN6. The van der Waals surface area contributed by atoms with Crippen molar-refractivity contribution in [2.75, 3.05) is 5.73 Å². The first-order valence-corrected chi connectivity index (χ1v) is 8.91. The van der Waals surface area contributed by atoms with E-state index in [4.69, 9.17) is 17.3 Å². The number of halogens is 1. The lowest BCUT2D eigenvalue weighted by Gasteiger charge is -2.10. The van der Waals surface area contributed by atoms with Crippen LogP contribution < -0.4 is 5.73 Å². The van der Waals surface area contributed by atoms with Crippen LogP contribution in [0.4, 0.5) is 5.95 Å². The minimum absolute atomic E-state index is 0.138. The first-order valence-electron chi connectivity index (χ1n) is 8.53. The number of nitrogen functional groups attached to an aromatic ring is 1. The normalized spacial score (nSPS) is 9.92. The fourth-order valence-corrected chi connectivity index (χ4v) is 2.45. The summed E-state index contributed by atoms with van der Waals surface area (Å²) in [6, 6.07) is 0. The molecule has 2 N–H and O–H groups in total. The number of rotatable bonds is 2. The summed E-state index contributed by atoms with van der Waals surface area (Å²) in [5.41, 5.74) is 10.8. The summed E-state index contributed by atoms with van der Waals surface area (Å²) in [5, 5.41) is 5.32.